The maximum atomic E-state index is 13.7. The van der Waals surface area contributed by atoms with Gasteiger partial charge in [-0.1, -0.05) is 12.1 Å². The SMILES string of the molecule is COC(=O)[C@H]1C(=O)C[C@@](C)(O)[C@@H](C(=O)OC)[C@@H]1c1cccc(F)c1. The molecule has 0 aromatic heterocycles. The summed E-state index contributed by atoms with van der Waals surface area (Å²) in [6.45, 7) is 1.33. The molecule has 130 valence electrons. The first-order valence-electron chi connectivity index (χ1n) is 7.39. The third-order valence-corrected chi connectivity index (χ3v) is 4.41. The number of Topliss-reactive ketones (excluding diaryl/α,β-unsaturated/α-hetero) is 1. The lowest BCUT2D eigenvalue weighted by atomic mass is 9.62. The molecule has 1 aliphatic carbocycles. The molecule has 1 aromatic carbocycles. The summed E-state index contributed by atoms with van der Waals surface area (Å²) in [5.74, 6) is -6.39. The lowest BCUT2D eigenvalue weighted by molar-refractivity contribution is -0.170. The third-order valence-electron chi connectivity index (χ3n) is 4.41. The van der Waals surface area contributed by atoms with E-state index >= 15 is 0 Å². The van der Waals surface area contributed by atoms with Gasteiger partial charge < -0.3 is 14.6 Å². The van der Waals surface area contributed by atoms with E-state index in [0.717, 1.165) is 20.3 Å². The Kier molecular flexibility index (Phi) is 5.03. The molecule has 0 bridgehead atoms. The first kappa shape index (κ1) is 18.1. The van der Waals surface area contributed by atoms with E-state index in [1.165, 1.54) is 25.1 Å². The number of carbonyl (C=O) groups excluding carboxylic acids is 3. The van der Waals surface area contributed by atoms with Gasteiger partial charge >= 0.3 is 11.9 Å². The van der Waals surface area contributed by atoms with Crippen molar-refractivity contribution in [3.63, 3.8) is 0 Å². The summed E-state index contributed by atoms with van der Waals surface area (Å²) in [4.78, 5) is 36.8. The molecule has 0 saturated heterocycles. The smallest absolute Gasteiger partial charge is 0.316 e. The highest BCUT2D eigenvalue weighted by atomic mass is 19.1. The van der Waals surface area contributed by atoms with Crippen LogP contribution in [0.5, 0.6) is 0 Å². The fourth-order valence-electron chi connectivity index (χ4n) is 3.38. The zero-order valence-electron chi connectivity index (χ0n) is 13.6. The number of benzene rings is 1. The number of esters is 2. The lowest BCUT2D eigenvalue weighted by Crippen LogP contribution is -2.55. The molecule has 7 heteroatoms. The molecule has 2 rings (SSSR count). The maximum absolute atomic E-state index is 13.7. The average Bonchev–Trinajstić information content (AvgIpc) is 2.52. The van der Waals surface area contributed by atoms with Crippen LogP contribution in [0, 0.1) is 17.7 Å². The van der Waals surface area contributed by atoms with E-state index in [2.05, 4.69) is 4.74 Å². The predicted molar refractivity (Wildman–Crippen MR) is 80.4 cm³/mol. The minimum atomic E-state index is -1.73. The second-order valence-corrected chi connectivity index (χ2v) is 6.08. The maximum Gasteiger partial charge on any atom is 0.316 e. The highest BCUT2D eigenvalue weighted by molar-refractivity contribution is 6.02. The molecule has 1 N–H and O–H groups in total. The molecule has 24 heavy (non-hydrogen) atoms. The van der Waals surface area contributed by atoms with E-state index in [-0.39, 0.29) is 5.56 Å². The van der Waals surface area contributed by atoms with Crippen molar-refractivity contribution in [2.45, 2.75) is 24.9 Å². The van der Waals surface area contributed by atoms with Gasteiger partial charge in [-0.05, 0) is 24.6 Å². The van der Waals surface area contributed by atoms with Crippen molar-refractivity contribution in [3.8, 4) is 0 Å². The lowest BCUT2D eigenvalue weighted by Gasteiger charge is -2.43. The monoisotopic (exact) mass is 338 g/mol. The van der Waals surface area contributed by atoms with Gasteiger partial charge in [0.25, 0.3) is 0 Å². The number of ether oxygens (including phenoxy) is 2. The molecule has 0 radical (unpaired) electrons. The van der Waals surface area contributed by atoms with Gasteiger partial charge in [0.15, 0.2) is 5.78 Å². The number of hydrogen-bond donors (Lipinski definition) is 1. The van der Waals surface area contributed by atoms with Gasteiger partial charge in [0.2, 0.25) is 0 Å². The number of hydrogen-bond acceptors (Lipinski definition) is 6. The second kappa shape index (κ2) is 6.68. The summed E-state index contributed by atoms with van der Waals surface area (Å²) in [5, 5.41) is 10.6. The Hall–Kier alpha value is -2.28. The highest BCUT2D eigenvalue weighted by Crippen LogP contribution is 2.46. The molecule has 6 nitrogen and oxygen atoms in total. The number of rotatable bonds is 3. The van der Waals surface area contributed by atoms with Crippen LogP contribution >= 0.6 is 0 Å². The van der Waals surface area contributed by atoms with Crippen molar-refractivity contribution < 1.29 is 33.4 Å². The van der Waals surface area contributed by atoms with Gasteiger partial charge in [0, 0.05) is 12.3 Å². The average molecular weight is 338 g/mol. The van der Waals surface area contributed by atoms with E-state index in [0.29, 0.717) is 0 Å². The van der Waals surface area contributed by atoms with Crippen LogP contribution in [0.15, 0.2) is 24.3 Å². The van der Waals surface area contributed by atoms with Crippen LogP contribution in [-0.2, 0) is 23.9 Å². The first-order chi connectivity index (χ1) is 11.2. The molecule has 1 aromatic rings. The topological polar surface area (TPSA) is 89.9 Å². The van der Waals surface area contributed by atoms with Crippen LogP contribution in [0.25, 0.3) is 0 Å². The van der Waals surface area contributed by atoms with E-state index < -0.39 is 53.3 Å². The number of methoxy groups -OCH3 is 2. The molecule has 0 amide bonds. The molecule has 1 saturated carbocycles. The Balaban J connectivity index is 2.65. The Labute approximate surface area is 138 Å². The molecular formula is C17H19FO6. The number of carbonyl (C=O) groups is 3. The van der Waals surface area contributed by atoms with Gasteiger partial charge in [0.1, 0.15) is 11.7 Å². The van der Waals surface area contributed by atoms with Crippen molar-refractivity contribution in [1.82, 2.24) is 0 Å². The largest absolute Gasteiger partial charge is 0.469 e. The Morgan fingerprint density at radius 2 is 1.88 bits per heavy atom. The predicted octanol–water partition coefficient (Wildman–Crippen LogP) is 1.21. The standard InChI is InChI=1S/C17H19FO6/c1-17(22)8-11(19)13(15(20)23-2)12(14(17)16(21)24-3)9-5-4-6-10(18)7-9/h4-7,12-14,22H,8H2,1-3H3/t12-,13+,14-,17-/m1/s1. The van der Waals surface area contributed by atoms with Gasteiger partial charge in [-0.3, -0.25) is 14.4 Å². The molecular weight excluding hydrogens is 319 g/mol. The van der Waals surface area contributed by atoms with E-state index in [1.54, 1.807) is 0 Å². The summed E-state index contributed by atoms with van der Waals surface area (Å²) in [6, 6.07) is 5.23. The summed E-state index contributed by atoms with van der Waals surface area (Å²) in [7, 11) is 2.27. The summed E-state index contributed by atoms with van der Waals surface area (Å²) in [6.07, 6.45) is -0.404. The molecule has 0 aliphatic heterocycles. The van der Waals surface area contributed by atoms with E-state index in [1.807, 2.05) is 0 Å². The summed E-state index contributed by atoms with van der Waals surface area (Å²) < 4.78 is 23.1. The van der Waals surface area contributed by atoms with E-state index in [9.17, 15) is 23.9 Å². The Morgan fingerprint density at radius 3 is 2.42 bits per heavy atom. The van der Waals surface area contributed by atoms with Crippen molar-refractivity contribution in [3.05, 3.63) is 35.6 Å². The van der Waals surface area contributed by atoms with Crippen molar-refractivity contribution in [2.75, 3.05) is 14.2 Å². The van der Waals surface area contributed by atoms with Gasteiger partial charge in [-0.25, -0.2) is 4.39 Å². The van der Waals surface area contributed by atoms with Gasteiger partial charge in [-0.2, -0.15) is 0 Å². The minimum absolute atomic E-state index is 0.245. The normalized spacial score (nSPS) is 29.9. The molecule has 0 unspecified atom stereocenters. The fraction of sp³-hybridized carbons (Fsp3) is 0.471. The van der Waals surface area contributed by atoms with Gasteiger partial charge in [0.05, 0.1) is 25.7 Å². The minimum Gasteiger partial charge on any atom is -0.469 e. The third kappa shape index (κ3) is 3.17. The zero-order valence-corrected chi connectivity index (χ0v) is 13.6. The summed E-state index contributed by atoms with van der Waals surface area (Å²) in [5.41, 5.74) is -1.49. The van der Waals surface area contributed by atoms with Crippen LogP contribution in [0.2, 0.25) is 0 Å². The van der Waals surface area contributed by atoms with Gasteiger partial charge in [-0.15, -0.1) is 0 Å². The quantitative estimate of drug-likeness (QED) is 0.658. The van der Waals surface area contributed by atoms with Crippen molar-refractivity contribution >= 4 is 17.7 Å². The first-order valence-corrected chi connectivity index (χ1v) is 7.39. The zero-order chi connectivity index (χ0) is 18.1. The Bertz CT molecular complexity index is 669. The Morgan fingerprint density at radius 1 is 1.25 bits per heavy atom. The summed E-state index contributed by atoms with van der Waals surface area (Å²) >= 11 is 0. The molecule has 4 atom stereocenters. The van der Waals surface area contributed by atoms with Crippen molar-refractivity contribution in [1.29, 1.82) is 0 Å². The van der Waals surface area contributed by atoms with Crippen LogP contribution in [-0.4, -0.2) is 42.6 Å². The number of aliphatic hydroxyl groups is 1. The van der Waals surface area contributed by atoms with Crippen molar-refractivity contribution in [2.24, 2.45) is 11.8 Å². The number of ketones is 1. The highest BCUT2D eigenvalue weighted by Gasteiger charge is 2.56. The molecule has 0 spiro atoms. The second-order valence-electron chi connectivity index (χ2n) is 6.08. The van der Waals surface area contributed by atoms with E-state index in [4.69, 9.17) is 4.74 Å². The van der Waals surface area contributed by atoms with Crippen LogP contribution in [0.1, 0.15) is 24.8 Å². The van der Waals surface area contributed by atoms with Crippen LogP contribution in [0.4, 0.5) is 4.39 Å². The fourth-order valence-corrected chi connectivity index (χ4v) is 3.38. The number of halogens is 1. The molecule has 1 aliphatic rings. The molecule has 0 heterocycles. The van der Waals surface area contributed by atoms with Crippen LogP contribution in [0.3, 0.4) is 0 Å². The molecule has 1 fully saturated rings. The van der Waals surface area contributed by atoms with Crippen LogP contribution < -0.4 is 0 Å².